The summed E-state index contributed by atoms with van der Waals surface area (Å²) in [4.78, 5) is 8.38. The number of aliphatic hydroxyl groups excluding tert-OH is 1. The molecule has 2 N–H and O–H groups in total. The molecule has 0 radical (unpaired) electrons. The fourth-order valence-electron chi connectivity index (χ4n) is 2.19. The number of hydrogen-bond acceptors (Lipinski definition) is 5. The molecular weight excluding hydrogens is 321 g/mol. The molecule has 0 aliphatic heterocycles. The van der Waals surface area contributed by atoms with Crippen molar-refractivity contribution in [3.8, 4) is 11.3 Å². The quantitative estimate of drug-likeness (QED) is 0.872. The Kier molecular flexibility index (Phi) is 4.96. The van der Waals surface area contributed by atoms with Crippen LogP contribution in [-0.2, 0) is 16.6 Å². The van der Waals surface area contributed by atoms with Crippen LogP contribution in [0.2, 0.25) is 0 Å². The maximum absolute atomic E-state index is 13.1. The van der Waals surface area contributed by atoms with Gasteiger partial charge in [-0.1, -0.05) is 13.8 Å². The zero-order valence-electron chi connectivity index (χ0n) is 13.0. The van der Waals surface area contributed by atoms with Crippen molar-refractivity contribution < 1.29 is 17.9 Å². The van der Waals surface area contributed by atoms with Crippen LogP contribution >= 0.6 is 0 Å². The van der Waals surface area contributed by atoms with Crippen molar-refractivity contribution in [2.24, 2.45) is 0 Å². The Balaban J connectivity index is 2.68. The van der Waals surface area contributed by atoms with Crippen LogP contribution in [0.15, 0.2) is 24.3 Å². The lowest BCUT2D eigenvalue weighted by Crippen LogP contribution is -2.15. The number of rotatable bonds is 5. The first-order chi connectivity index (χ1) is 10.7. The van der Waals surface area contributed by atoms with Crippen LogP contribution in [0.3, 0.4) is 0 Å². The summed E-state index contributed by atoms with van der Waals surface area (Å²) in [5.74, 6) is -0.529. The second-order valence-electron chi connectivity index (χ2n) is 5.45. The van der Waals surface area contributed by atoms with Gasteiger partial charge in [-0.25, -0.2) is 22.8 Å². The number of nitrogens with zero attached hydrogens (tertiary/aromatic N) is 2. The fourth-order valence-corrected chi connectivity index (χ4v) is 2.62. The summed E-state index contributed by atoms with van der Waals surface area (Å²) in [5.41, 5.74) is 1.97. The van der Waals surface area contributed by atoms with Crippen LogP contribution in [0.5, 0.6) is 0 Å². The average molecular weight is 339 g/mol. The molecule has 1 heterocycles. The minimum Gasteiger partial charge on any atom is -0.392 e. The highest BCUT2D eigenvalue weighted by Crippen LogP contribution is 2.29. The van der Waals surface area contributed by atoms with Gasteiger partial charge in [0.1, 0.15) is 5.82 Å². The lowest BCUT2D eigenvalue weighted by atomic mass is 9.99. The van der Waals surface area contributed by atoms with E-state index >= 15 is 0 Å². The predicted molar refractivity (Wildman–Crippen MR) is 85.9 cm³/mol. The van der Waals surface area contributed by atoms with E-state index in [0.29, 0.717) is 22.5 Å². The van der Waals surface area contributed by atoms with E-state index in [1.54, 1.807) is 0 Å². The van der Waals surface area contributed by atoms with Gasteiger partial charge >= 0.3 is 0 Å². The summed E-state index contributed by atoms with van der Waals surface area (Å²) in [5, 5.41) is 9.69. The molecule has 2 aromatic rings. The van der Waals surface area contributed by atoms with Gasteiger partial charge in [-0.2, -0.15) is 0 Å². The van der Waals surface area contributed by atoms with Gasteiger partial charge in [-0.05, 0) is 30.2 Å². The number of aliphatic hydroxyl groups is 1. The van der Waals surface area contributed by atoms with Crippen LogP contribution in [0, 0.1) is 5.82 Å². The lowest BCUT2D eigenvalue weighted by Gasteiger charge is -2.16. The maximum Gasteiger partial charge on any atom is 0.237 e. The SMILES string of the molecule is CC(C)c1nc(NS(C)(=O)=O)nc(-c2ccc(F)cc2)c1CO. The Morgan fingerprint density at radius 2 is 1.83 bits per heavy atom. The number of anilines is 1. The average Bonchev–Trinajstić information content (AvgIpc) is 2.45. The van der Waals surface area contributed by atoms with Gasteiger partial charge in [0.15, 0.2) is 0 Å². The second kappa shape index (κ2) is 6.59. The van der Waals surface area contributed by atoms with Crippen molar-refractivity contribution >= 4 is 16.0 Å². The van der Waals surface area contributed by atoms with Crippen molar-refractivity contribution in [1.29, 1.82) is 0 Å². The van der Waals surface area contributed by atoms with Crippen molar-refractivity contribution in [3.63, 3.8) is 0 Å². The first kappa shape index (κ1) is 17.3. The Morgan fingerprint density at radius 3 is 2.30 bits per heavy atom. The molecule has 0 atom stereocenters. The Morgan fingerprint density at radius 1 is 1.22 bits per heavy atom. The van der Waals surface area contributed by atoms with Gasteiger partial charge in [0.25, 0.3) is 0 Å². The molecule has 0 bridgehead atoms. The molecule has 2 rings (SSSR count). The molecule has 0 aliphatic rings. The molecule has 0 saturated carbocycles. The van der Waals surface area contributed by atoms with E-state index in [1.165, 1.54) is 24.3 Å². The molecule has 6 nitrogen and oxygen atoms in total. The van der Waals surface area contributed by atoms with Crippen molar-refractivity contribution in [1.82, 2.24) is 9.97 Å². The Labute approximate surface area is 134 Å². The van der Waals surface area contributed by atoms with E-state index in [1.807, 2.05) is 13.8 Å². The molecular formula is C15H18FN3O3S. The van der Waals surface area contributed by atoms with Crippen LogP contribution in [0.25, 0.3) is 11.3 Å². The van der Waals surface area contributed by atoms with Crippen molar-refractivity contribution in [2.45, 2.75) is 26.4 Å². The second-order valence-corrected chi connectivity index (χ2v) is 7.20. The topological polar surface area (TPSA) is 92.2 Å². The number of halogens is 1. The maximum atomic E-state index is 13.1. The van der Waals surface area contributed by atoms with E-state index in [4.69, 9.17) is 0 Å². The van der Waals surface area contributed by atoms with Crippen molar-refractivity contribution in [3.05, 3.63) is 41.3 Å². The third-order valence-electron chi connectivity index (χ3n) is 3.14. The fraction of sp³-hybridized carbons (Fsp3) is 0.333. The van der Waals surface area contributed by atoms with Crippen LogP contribution in [0.1, 0.15) is 31.0 Å². The summed E-state index contributed by atoms with van der Waals surface area (Å²) >= 11 is 0. The number of benzene rings is 1. The highest BCUT2D eigenvalue weighted by molar-refractivity contribution is 7.91. The molecule has 1 aromatic heterocycles. The molecule has 0 aliphatic carbocycles. The molecule has 0 amide bonds. The zero-order valence-corrected chi connectivity index (χ0v) is 13.9. The van der Waals surface area contributed by atoms with E-state index in [-0.39, 0.29) is 18.5 Å². The van der Waals surface area contributed by atoms with Gasteiger partial charge in [-0.3, -0.25) is 4.72 Å². The minimum absolute atomic E-state index is 0.0561. The number of nitrogens with one attached hydrogen (secondary N) is 1. The Bertz CT molecular complexity index is 805. The van der Waals surface area contributed by atoms with E-state index < -0.39 is 15.8 Å². The summed E-state index contributed by atoms with van der Waals surface area (Å²) in [6.07, 6.45) is 1.00. The molecule has 0 unspecified atom stereocenters. The first-order valence-electron chi connectivity index (χ1n) is 6.96. The van der Waals surface area contributed by atoms with E-state index in [9.17, 15) is 17.9 Å². The van der Waals surface area contributed by atoms with E-state index in [0.717, 1.165) is 6.26 Å². The molecule has 23 heavy (non-hydrogen) atoms. The zero-order chi connectivity index (χ0) is 17.2. The summed E-state index contributed by atoms with van der Waals surface area (Å²) in [6.45, 7) is 3.44. The largest absolute Gasteiger partial charge is 0.392 e. The van der Waals surface area contributed by atoms with Gasteiger partial charge < -0.3 is 5.11 Å². The molecule has 0 saturated heterocycles. The smallest absolute Gasteiger partial charge is 0.237 e. The van der Waals surface area contributed by atoms with Gasteiger partial charge in [0.05, 0.1) is 24.3 Å². The van der Waals surface area contributed by atoms with Crippen LogP contribution in [-0.4, -0.2) is 29.7 Å². The molecule has 1 aromatic carbocycles. The summed E-state index contributed by atoms with van der Waals surface area (Å²) in [7, 11) is -3.54. The Hall–Kier alpha value is -2.06. The van der Waals surface area contributed by atoms with Gasteiger partial charge in [0, 0.05) is 11.1 Å². The first-order valence-corrected chi connectivity index (χ1v) is 8.86. The third kappa shape index (κ3) is 4.23. The monoisotopic (exact) mass is 339 g/mol. The normalized spacial score (nSPS) is 11.7. The molecule has 8 heteroatoms. The summed E-state index contributed by atoms with van der Waals surface area (Å²) in [6, 6.07) is 5.59. The molecule has 0 fully saturated rings. The number of aromatic nitrogens is 2. The van der Waals surface area contributed by atoms with Gasteiger partial charge in [-0.15, -0.1) is 0 Å². The lowest BCUT2D eigenvalue weighted by molar-refractivity contribution is 0.279. The summed E-state index contributed by atoms with van der Waals surface area (Å²) < 4.78 is 38.2. The standard InChI is InChI=1S/C15H18FN3O3S/c1-9(2)13-12(8-20)14(10-4-6-11(16)7-5-10)18-15(17-13)19-23(3,21)22/h4-7,9,20H,8H2,1-3H3,(H,17,18,19). The third-order valence-corrected chi connectivity index (χ3v) is 3.69. The van der Waals surface area contributed by atoms with Crippen LogP contribution in [0.4, 0.5) is 10.3 Å². The van der Waals surface area contributed by atoms with E-state index in [2.05, 4.69) is 14.7 Å². The van der Waals surface area contributed by atoms with Crippen molar-refractivity contribution in [2.75, 3.05) is 11.0 Å². The van der Waals surface area contributed by atoms with Gasteiger partial charge in [0.2, 0.25) is 16.0 Å². The molecule has 124 valence electrons. The highest BCUT2D eigenvalue weighted by atomic mass is 32.2. The number of hydrogen-bond donors (Lipinski definition) is 2. The predicted octanol–water partition coefficient (Wildman–Crippen LogP) is 2.27. The minimum atomic E-state index is -3.54. The van der Waals surface area contributed by atoms with Crippen LogP contribution < -0.4 is 4.72 Å². The highest BCUT2D eigenvalue weighted by Gasteiger charge is 2.19. The molecule has 0 spiro atoms. The number of sulfonamides is 1.